The minimum atomic E-state index is -0.989. The van der Waals surface area contributed by atoms with Gasteiger partial charge in [-0.2, -0.15) is 0 Å². The molecule has 96 valence electrons. The molecule has 0 atom stereocenters. The summed E-state index contributed by atoms with van der Waals surface area (Å²) in [5, 5.41) is 8.75. The molecule has 1 aliphatic rings. The van der Waals surface area contributed by atoms with E-state index in [1.165, 1.54) is 4.90 Å². The van der Waals surface area contributed by atoms with Crippen LogP contribution in [0.2, 0.25) is 0 Å². The monoisotopic (exact) mass is 249 g/mol. The number of carbonyl (C=O) groups is 2. The van der Waals surface area contributed by atoms with Gasteiger partial charge in [0.05, 0.1) is 7.11 Å². The van der Waals surface area contributed by atoms with Gasteiger partial charge >= 0.3 is 5.97 Å². The Labute approximate surface area is 105 Å². The van der Waals surface area contributed by atoms with Crippen LogP contribution in [0.25, 0.3) is 0 Å². The van der Waals surface area contributed by atoms with Gasteiger partial charge in [0, 0.05) is 12.1 Å². The van der Waals surface area contributed by atoms with E-state index in [9.17, 15) is 9.59 Å². The highest BCUT2D eigenvalue weighted by atomic mass is 16.5. The summed E-state index contributed by atoms with van der Waals surface area (Å²) >= 11 is 0. The fourth-order valence-electron chi connectivity index (χ4n) is 2.20. The van der Waals surface area contributed by atoms with Crippen molar-refractivity contribution in [2.45, 2.75) is 13.3 Å². The molecule has 1 aromatic carbocycles. The lowest BCUT2D eigenvalue weighted by atomic mass is 9.96. The number of carbonyl (C=O) groups excluding carboxylic acids is 1. The smallest absolute Gasteiger partial charge is 0.323 e. The molecule has 0 unspecified atom stereocenters. The average Bonchev–Trinajstić information content (AvgIpc) is 2.32. The van der Waals surface area contributed by atoms with E-state index in [1.54, 1.807) is 13.2 Å². The van der Waals surface area contributed by atoms with Gasteiger partial charge < -0.3 is 14.7 Å². The first-order chi connectivity index (χ1) is 8.52. The van der Waals surface area contributed by atoms with E-state index < -0.39 is 5.97 Å². The summed E-state index contributed by atoms with van der Waals surface area (Å²) < 4.78 is 5.22. The normalized spacial score (nSPS) is 14.3. The molecule has 1 amide bonds. The molecule has 0 bridgehead atoms. The topological polar surface area (TPSA) is 66.8 Å². The molecule has 18 heavy (non-hydrogen) atoms. The Morgan fingerprint density at radius 1 is 1.50 bits per heavy atom. The molecule has 0 aromatic heterocycles. The summed E-state index contributed by atoms with van der Waals surface area (Å²) in [7, 11) is 1.59. The van der Waals surface area contributed by atoms with Gasteiger partial charge in [-0.15, -0.1) is 0 Å². The largest absolute Gasteiger partial charge is 0.496 e. The zero-order valence-electron chi connectivity index (χ0n) is 10.4. The number of carboxylic acids is 1. The van der Waals surface area contributed by atoms with Crippen molar-refractivity contribution in [2.75, 3.05) is 20.2 Å². The molecule has 0 fully saturated rings. The van der Waals surface area contributed by atoms with Crippen LogP contribution in [0.4, 0.5) is 0 Å². The number of carboxylic acid groups (broad SMARTS) is 1. The van der Waals surface area contributed by atoms with Crippen LogP contribution < -0.4 is 4.74 Å². The van der Waals surface area contributed by atoms with Crippen molar-refractivity contribution in [3.8, 4) is 5.75 Å². The van der Waals surface area contributed by atoms with Gasteiger partial charge in [-0.1, -0.05) is 0 Å². The fourth-order valence-corrected chi connectivity index (χ4v) is 2.20. The van der Waals surface area contributed by atoms with Gasteiger partial charge in [0.15, 0.2) is 0 Å². The lowest BCUT2D eigenvalue weighted by Crippen LogP contribution is -2.40. The molecule has 5 nitrogen and oxygen atoms in total. The molecule has 2 rings (SSSR count). The maximum absolute atomic E-state index is 12.1. The average molecular weight is 249 g/mol. The third kappa shape index (κ3) is 2.16. The van der Waals surface area contributed by atoms with Gasteiger partial charge in [-0.25, -0.2) is 0 Å². The standard InChI is InChI=1S/C13H15NO4/c1-8-5-10-9(6-11(8)18-2)3-4-14(13(10)17)7-12(15)16/h5-6H,3-4,7H2,1-2H3,(H,15,16). The van der Waals surface area contributed by atoms with Crippen molar-refractivity contribution in [1.29, 1.82) is 0 Å². The summed E-state index contributed by atoms with van der Waals surface area (Å²) in [6.07, 6.45) is 0.658. The summed E-state index contributed by atoms with van der Waals surface area (Å²) in [4.78, 5) is 24.2. The maximum Gasteiger partial charge on any atom is 0.323 e. The van der Waals surface area contributed by atoms with Crippen LogP contribution in [0.15, 0.2) is 12.1 Å². The number of benzene rings is 1. The fraction of sp³-hybridized carbons (Fsp3) is 0.385. The quantitative estimate of drug-likeness (QED) is 0.870. The highest BCUT2D eigenvalue weighted by Crippen LogP contribution is 2.27. The minimum Gasteiger partial charge on any atom is -0.496 e. The van der Waals surface area contributed by atoms with E-state index in [2.05, 4.69) is 0 Å². The van der Waals surface area contributed by atoms with Gasteiger partial charge in [-0.05, 0) is 36.6 Å². The molecule has 1 aliphatic heterocycles. The number of nitrogens with zero attached hydrogens (tertiary/aromatic N) is 1. The summed E-state index contributed by atoms with van der Waals surface area (Å²) in [6.45, 7) is 2.05. The number of amides is 1. The lowest BCUT2D eigenvalue weighted by molar-refractivity contribution is -0.137. The van der Waals surface area contributed by atoms with E-state index in [4.69, 9.17) is 9.84 Å². The SMILES string of the molecule is COc1cc2c(cc1C)C(=O)N(CC(=O)O)CC2. The van der Waals surface area contributed by atoms with E-state index in [-0.39, 0.29) is 12.5 Å². The number of hydrogen-bond donors (Lipinski definition) is 1. The Bertz CT molecular complexity index is 510. The number of aliphatic carboxylic acids is 1. The van der Waals surface area contributed by atoms with Crippen LogP contribution in [0, 0.1) is 6.92 Å². The van der Waals surface area contributed by atoms with Gasteiger partial charge in [-0.3, -0.25) is 9.59 Å². The number of methoxy groups -OCH3 is 1. The van der Waals surface area contributed by atoms with E-state index in [0.29, 0.717) is 18.5 Å². The third-order valence-corrected chi connectivity index (χ3v) is 3.12. The van der Waals surface area contributed by atoms with E-state index in [0.717, 1.165) is 16.9 Å². The first-order valence-electron chi connectivity index (χ1n) is 5.71. The number of aryl methyl sites for hydroxylation is 1. The van der Waals surface area contributed by atoms with Crippen molar-refractivity contribution < 1.29 is 19.4 Å². The van der Waals surface area contributed by atoms with Gasteiger partial charge in [0.1, 0.15) is 12.3 Å². The summed E-state index contributed by atoms with van der Waals surface area (Å²) in [6, 6.07) is 3.63. The number of ether oxygens (including phenoxy) is 1. The van der Waals surface area contributed by atoms with Crippen LogP contribution in [-0.2, 0) is 11.2 Å². The second-order valence-electron chi connectivity index (χ2n) is 4.35. The Balaban J connectivity index is 2.35. The maximum atomic E-state index is 12.1. The number of rotatable bonds is 3. The molecule has 1 aromatic rings. The summed E-state index contributed by atoms with van der Waals surface area (Å²) in [5.74, 6) is -0.449. The Morgan fingerprint density at radius 3 is 2.83 bits per heavy atom. The number of fused-ring (bicyclic) bond motifs is 1. The van der Waals surface area contributed by atoms with Gasteiger partial charge in [0.25, 0.3) is 5.91 Å². The molecule has 0 radical (unpaired) electrons. The molecular formula is C13H15NO4. The molecule has 0 aliphatic carbocycles. The Morgan fingerprint density at radius 2 is 2.22 bits per heavy atom. The van der Waals surface area contributed by atoms with Gasteiger partial charge in [0.2, 0.25) is 0 Å². The number of hydrogen-bond acceptors (Lipinski definition) is 3. The first kappa shape index (κ1) is 12.4. The van der Waals surface area contributed by atoms with Crippen molar-refractivity contribution in [1.82, 2.24) is 4.90 Å². The molecule has 1 heterocycles. The zero-order valence-corrected chi connectivity index (χ0v) is 10.4. The zero-order chi connectivity index (χ0) is 13.3. The Kier molecular flexibility index (Phi) is 3.23. The molecule has 0 spiro atoms. The second kappa shape index (κ2) is 4.68. The highest BCUT2D eigenvalue weighted by Gasteiger charge is 2.26. The van der Waals surface area contributed by atoms with Crippen LogP contribution in [-0.4, -0.2) is 42.1 Å². The van der Waals surface area contributed by atoms with Crippen LogP contribution in [0.5, 0.6) is 5.75 Å². The first-order valence-corrected chi connectivity index (χ1v) is 5.71. The molecule has 0 saturated carbocycles. The van der Waals surface area contributed by atoms with Crippen LogP contribution in [0.3, 0.4) is 0 Å². The molecular weight excluding hydrogens is 234 g/mol. The predicted octanol–water partition coefficient (Wildman–Crippen LogP) is 1.09. The third-order valence-electron chi connectivity index (χ3n) is 3.12. The van der Waals surface area contributed by atoms with Crippen molar-refractivity contribution in [3.63, 3.8) is 0 Å². The van der Waals surface area contributed by atoms with Crippen LogP contribution >= 0.6 is 0 Å². The Hall–Kier alpha value is -2.04. The predicted molar refractivity (Wildman–Crippen MR) is 65.0 cm³/mol. The molecule has 0 saturated heterocycles. The van der Waals surface area contributed by atoms with Crippen molar-refractivity contribution in [2.24, 2.45) is 0 Å². The van der Waals surface area contributed by atoms with Crippen molar-refractivity contribution in [3.05, 3.63) is 28.8 Å². The highest BCUT2D eigenvalue weighted by molar-refractivity contribution is 5.98. The van der Waals surface area contributed by atoms with E-state index >= 15 is 0 Å². The second-order valence-corrected chi connectivity index (χ2v) is 4.35. The lowest BCUT2D eigenvalue weighted by Gasteiger charge is -2.27. The van der Waals surface area contributed by atoms with Crippen LogP contribution in [0.1, 0.15) is 21.5 Å². The van der Waals surface area contributed by atoms with E-state index in [1.807, 2.05) is 13.0 Å². The molecule has 1 N–H and O–H groups in total. The molecule has 5 heteroatoms. The minimum absolute atomic E-state index is 0.218. The van der Waals surface area contributed by atoms with Crippen molar-refractivity contribution >= 4 is 11.9 Å². The summed E-state index contributed by atoms with van der Waals surface area (Å²) in [5.41, 5.74) is 2.38.